The van der Waals surface area contributed by atoms with E-state index in [1.165, 1.54) is 0 Å². The predicted octanol–water partition coefficient (Wildman–Crippen LogP) is 1.40. The van der Waals surface area contributed by atoms with Crippen molar-refractivity contribution in [2.75, 3.05) is 0 Å². The van der Waals surface area contributed by atoms with Crippen LogP contribution in [0, 0.1) is 6.92 Å². The normalized spacial score (nSPS) is 26.2. The minimum atomic E-state index is -0.870. The Balaban J connectivity index is 2.42. The Hall–Kier alpha value is -1.56. The molecule has 1 aromatic rings. The number of aryl methyl sites for hydroxylation is 2. The molecule has 2 atom stereocenters. The van der Waals surface area contributed by atoms with Crippen LogP contribution in [-0.4, -0.2) is 38.1 Å². The molecule has 0 spiro atoms. The van der Waals surface area contributed by atoms with Gasteiger partial charge in [0.15, 0.2) is 0 Å². The molecule has 1 aliphatic heterocycles. The molecule has 0 saturated carbocycles. The van der Waals surface area contributed by atoms with Crippen molar-refractivity contribution in [2.24, 2.45) is 7.05 Å². The molecule has 116 valence electrons. The van der Waals surface area contributed by atoms with Crippen molar-refractivity contribution >= 4 is 23.4 Å². The van der Waals surface area contributed by atoms with Crippen LogP contribution in [0.25, 0.3) is 0 Å². The molecule has 1 aliphatic rings. The Bertz CT molecular complexity index is 598. The summed E-state index contributed by atoms with van der Waals surface area (Å²) in [5.74, 6) is -0.235. The van der Waals surface area contributed by atoms with Crippen molar-refractivity contribution in [1.29, 1.82) is 0 Å². The van der Waals surface area contributed by atoms with E-state index in [1.54, 1.807) is 30.5 Å². The molecule has 1 saturated heterocycles. The van der Waals surface area contributed by atoms with Crippen molar-refractivity contribution < 1.29 is 9.59 Å². The molecule has 2 amide bonds. The van der Waals surface area contributed by atoms with Gasteiger partial charge in [-0.3, -0.25) is 14.3 Å². The standard InChI is InChI=1S/C14H21ClN4O2/c1-6-14(4)13(21)16-9(3)12(20)19(14)7-10-11(15)8(2)17-18(10)5/h9H,6-7H2,1-5H3,(H,16,21). The quantitative estimate of drug-likeness (QED) is 0.917. The number of hydrogen-bond acceptors (Lipinski definition) is 3. The van der Waals surface area contributed by atoms with Crippen LogP contribution < -0.4 is 5.32 Å². The molecular formula is C14H21ClN4O2. The predicted molar refractivity (Wildman–Crippen MR) is 79.8 cm³/mol. The van der Waals surface area contributed by atoms with Crippen LogP contribution >= 0.6 is 11.6 Å². The lowest BCUT2D eigenvalue weighted by Crippen LogP contribution is -2.68. The number of nitrogens with one attached hydrogen (secondary N) is 1. The zero-order valence-corrected chi connectivity index (χ0v) is 13.8. The van der Waals surface area contributed by atoms with Crippen molar-refractivity contribution in [3.05, 3.63) is 16.4 Å². The van der Waals surface area contributed by atoms with Crippen LogP contribution in [0.15, 0.2) is 0 Å². The zero-order valence-electron chi connectivity index (χ0n) is 13.0. The molecule has 0 bridgehead atoms. The summed E-state index contributed by atoms with van der Waals surface area (Å²) in [6.07, 6.45) is 0.533. The van der Waals surface area contributed by atoms with Crippen molar-refractivity contribution in [3.63, 3.8) is 0 Å². The molecule has 2 heterocycles. The fraction of sp³-hybridized carbons (Fsp3) is 0.643. The van der Waals surface area contributed by atoms with Crippen LogP contribution in [-0.2, 0) is 23.2 Å². The van der Waals surface area contributed by atoms with E-state index in [1.807, 2.05) is 13.8 Å². The summed E-state index contributed by atoms with van der Waals surface area (Å²) in [5, 5.41) is 7.54. The summed E-state index contributed by atoms with van der Waals surface area (Å²) in [5.41, 5.74) is 0.587. The van der Waals surface area contributed by atoms with E-state index < -0.39 is 11.6 Å². The van der Waals surface area contributed by atoms with Gasteiger partial charge in [-0.05, 0) is 27.2 Å². The molecule has 7 heteroatoms. The van der Waals surface area contributed by atoms with Crippen molar-refractivity contribution in [2.45, 2.75) is 52.2 Å². The van der Waals surface area contributed by atoms with Gasteiger partial charge >= 0.3 is 0 Å². The monoisotopic (exact) mass is 312 g/mol. The SMILES string of the molecule is CCC1(C)C(=O)NC(C)C(=O)N1Cc1c(Cl)c(C)nn1C. The number of rotatable bonds is 3. The van der Waals surface area contributed by atoms with Gasteiger partial charge in [0.1, 0.15) is 11.6 Å². The summed E-state index contributed by atoms with van der Waals surface area (Å²) in [7, 11) is 1.79. The van der Waals surface area contributed by atoms with E-state index in [0.717, 1.165) is 5.69 Å². The van der Waals surface area contributed by atoms with Gasteiger partial charge in [0.05, 0.1) is 23.0 Å². The fourth-order valence-electron chi connectivity index (χ4n) is 2.62. The lowest BCUT2D eigenvalue weighted by molar-refractivity contribution is -0.157. The third-order valence-corrected chi connectivity index (χ3v) is 4.82. The molecule has 1 fully saturated rings. The van der Waals surface area contributed by atoms with Gasteiger partial charge in [0.25, 0.3) is 0 Å². The smallest absolute Gasteiger partial charge is 0.246 e. The van der Waals surface area contributed by atoms with Crippen LogP contribution in [0.1, 0.15) is 38.6 Å². The third-order valence-electron chi connectivity index (χ3n) is 4.33. The zero-order chi connectivity index (χ0) is 15.9. The number of aromatic nitrogens is 2. The molecule has 2 rings (SSSR count). The van der Waals surface area contributed by atoms with Gasteiger partial charge in [-0.1, -0.05) is 18.5 Å². The Labute approximate surface area is 129 Å². The van der Waals surface area contributed by atoms with E-state index in [2.05, 4.69) is 10.4 Å². The van der Waals surface area contributed by atoms with Crippen molar-refractivity contribution in [3.8, 4) is 0 Å². The maximum absolute atomic E-state index is 12.5. The fourth-order valence-corrected chi connectivity index (χ4v) is 2.84. The van der Waals surface area contributed by atoms with Gasteiger partial charge in [-0.15, -0.1) is 0 Å². The first-order chi connectivity index (χ1) is 9.72. The highest BCUT2D eigenvalue weighted by Gasteiger charge is 2.47. The van der Waals surface area contributed by atoms with E-state index >= 15 is 0 Å². The number of amides is 2. The third kappa shape index (κ3) is 2.41. The lowest BCUT2D eigenvalue weighted by atomic mass is 9.90. The van der Waals surface area contributed by atoms with Gasteiger partial charge in [0.2, 0.25) is 11.8 Å². The van der Waals surface area contributed by atoms with E-state index in [0.29, 0.717) is 17.1 Å². The number of piperazine rings is 1. The molecule has 1 aromatic heterocycles. The topological polar surface area (TPSA) is 67.2 Å². The van der Waals surface area contributed by atoms with Gasteiger partial charge in [0, 0.05) is 7.05 Å². The lowest BCUT2D eigenvalue weighted by Gasteiger charge is -2.45. The van der Waals surface area contributed by atoms with Gasteiger partial charge in [-0.2, -0.15) is 5.10 Å². The number of carbonyl (C=O) groups excluding carboxylic acids is 2. The molecule has 0 aromatic carbocycles. The first kappa shape index (κ1) is 15.8. The number of carbonyl (C=O) groups is 2. The van der Waals surface area contributed by atoms with Crippen LogP contribution in [0.5, 0.6) is 0 Å². The molecule has 1 N–H and O–H groups in total. The van der Waals surface area contributed by atoms with Crippen LogP contribution in [0.4, 0.5) is 0 Å². The average molecular weight is 313 g/mol. The number of nitrogens with zero attached hydrogens (tertiary/aromatic N) is 3. The summed E-state index contributed by atoms with van der Waals surface area (Å²) in [6, 6.07) is -0.523. The maximum Gasteiger partial charge on any atom is 0.246 e. The largest absolute Gasteiger partial charge is 0.343 e. The highest BCUT2D eigenvalue weighted by Crippen LogP contribution is 2.29. The Morgan fingerprint density at radius 1 is 1.43 bits per heavy atom. The summed E-state index contributed by atoms with van der Waals surface area (Å²) < 4.78 is 1.66. The highest BCUT2D eigenvalue weighted by atomic mass is 35.5. The highest BCUT2D eigenvalue weighted by molar-refractivity contribution is 6.31. The molecular weight excluding hydrogens is 292 g/mol. The summed E-state index contributed by atoms with van der Waals surface area (Å²) in [6.45, 7) is 7.46. The summed E-state index contributed by atoms with van der Waals surface area (Å²) in [4.78, 5) is 26.4. The molecule has 2 unspecified atom stereocenters. The van der Waals surface area contributed by atoms with E-state index in [4.69, 9.17) is 11.6 Å². The Morgan fingerprint density at radius 2 is 2.05 bits per heavy atom. The van der Waals surface area contributed by atoms with Gasteiger partial charge in [-0.25, -0.2) is 0 Å². The second kappa shape index (κ2) is 5.33. The number of halogens is 1. The average Bonchev–Trinajstić information content (AvgIpc) is 2.67. The first-order valence-corrected chi connectivity index (χ1v) is 7.40. The molecule has 6 nitrogen and oxygen atoms in total. The van der Waals surface area contributed by atoms with Crippen molar-refractivity contribution in [1.82, 2.24) is 20.0 Å². The Kier molecular flexibility index (Phi) is 4.02. The minimum Gasteiger partial charge on any atom is -0.343 e. The maximum atomic E-state index is 12.5. The van der Waals surface area contributed by atoms with E-state index in [-0.39, 0.29) is 18.4 Å². The second-order valence-corrected chi connectivity index (χ2v) is 6.09. The minimum absolute atomic E-state index is 0.103. The molecule has 0 radical (unpaired) electrons. The first-order valence-electron chi connectivity index (χ1n) is 7.02. The summed E-state index contributed by atoms with van der Waals surface area (Å²) >= 11 is 6.27. The molecule has 0 aliphatic carbocycles. The number of hydrogen-bond donors (Lipinski definition) is 1. The van der Waals surface area contributed by atoms with Gasteiger partial charge < -0.3 is 10.2 Å². The second-order valence-electron chi connectivity index (χ2n) is 5.72. The molecule has 21 heavy (non-hydrogen) atoms. The Morgan fingerprint density at radius 3 is 2.52 bits per heavy atom. The van der Waals surface area contributed by atoms with E-state index in [9.17, 15) is 9.59 Å². The van der Waals surface area contributed by atoms with Crippen LogP contribution in [0.2, 0.25) is 5.02 Å². The van der Waals surface area contributed by atoms with Crippen LogP contribution in [0.3, 0.4) is 0 Å².